The second-order valence-corrected chi connectivity index (χ2v) is 4.32. The van der Waals surface area contributed by atoms with E-state index in [2.05, 4.69) is 33.2 Å². The largest absolute Gasteiger partial charge is 0.383 e. The Bertz CT molecular complexity index is 276. The lowest BCUT2D eigenvalue weighted by molar-refractivity contribution is 0.163. The summed E-state index contributed by atoms with van der Waals surface area (Å²) < 4.78 is 6.12. The van der Waals surface area contributed by atoms with E-state index in [0.29, 0.717) is 6.04 Å². The molecule has 0 aromatic carbocycles. The Labute approximate surface area is 99.4 Å². The van der Waals surface area contributed by atoms with E-state index in [1.807, 2.05) is 18.3 Å². The van der Waals surface area contributed by atoms with Crippen molar-refractivity contribution in [3.05, 3.63) is 28.5 Å². The molecule has 1 unspecified atom stereocenters. The molecule has 0 aliphatic carbocycles. The quantitative estimate of drug-likeness (QED) is 0.864. The summed E-state index contributed by atoms with van der Waals surface area (Å²) >= 11 is 3.36. The van der Waals surface area contributed by atoms with Crippen molar-refractivity contribution in [2.45, 2.75) is 25.9 Å². The molecule has 0 bridgehead atoms. The Morgan fingerprint density at radius 1 is 1.53 bits per heavy atom. The average molecular weight is 273 g/mol. The van der Waals surface area contributed by atoms with E-state index in [0.717, 1.165) is 29.7 Å². The third kappa shape index (κ3) is 4.73. The van der Waals surface area contributed by atoms with Crippen LogP contribution in [0.5, 0.6) is 0 Å². The predicted molar refractivity (Wildman–Crippen MR) is 64.7 cm³/mol. The molecule has 1 rings (SSSR count). The molecule has 1 aromatic heterocycles. The zero-order valence-corrected chi connectivity index (χ0v) is 10.8. The summed E-state index contributed by atoms with van der Waals surface area (Å²) in [5.74, 6) is 0. The van der Waals surface area contributed by atoms with Gasteiger partial charge in [0.1, 0.15) is 0 Å². The van der Waals surface area contributed by atoms with Crippen LogP contribution in [0.4, 0.5) is 0 Å². The molecule has 1 heterocycles. The van der Waals surface area contributed by atoms with Crippen molar-refractivity contribution in [2.24, 2.45) is 0 Å². The molecule has 1 N–H and O–H groups in total. The Balaban J connectivity index is 2.38. The molecule has 0 saturated carbocycles. The van der Waals surface area contributed by atoms with E-state index < -0.39 is 0 Å². The topological polar surface area (TPSA) is 34.1 Å². The standard InChI is InChI=1S/C11H17BrN2O/c1-3-10(8-15-2)14-7-11-5-4-9(12)6-13-11/h4-6,10,14H,3,7-8H2,1-2H3. The molecular weight excluding hydrogens is 256 g/mol. The van der Waals surface area contributed by atoms with Gasteiger partial charge in [0, 0.05) is 30.4 Å². The van der Waals surface area contributed by atoms with E-state index in [9.17, 15) is 0 Å². The number of pyridine rings is 1. The zero-order chi connectivity index (χ0) is 11.1. The first-order valence-electron chi connectivity index (χ1n) is 5.09. The van der Waals surface area contributed by atoms with E-state index >= 15 is 0 Å². The van der Waals surface area contributed by atoms with Gasteiger partial charge in [0.15, 0.2) is 0 Å². The lowest BCUT2D eigenvalue weighted by Crippen LogP contribution is -2.32. The Morgan fingerprint density at radius 3 is 2.87 bits per heavy atom. The van der Waals surface area contributed by atoms with Gasteiger partial charge in [-0.15, -0.1) is 0 Å². The second kappa shape index (κ2) is 6.93. The number of methoxy groups -OCH3 is 1. The molecule has 1 aromatic rings. The fourth-order valence-corrected chi connectivity index (χ4v) is 1.52. The smallest absolute Gasteiger partial charge is 0.0615 e. The monoisotopic (exact) mass is 272 g/mol. The van der Waals surface area contributed by atoms with Gasteiger partial charge in [0.2, 0.25) is 0 Å². The molecular formula is C11H17BrN2O. The van der Waals surface area contributed by atoms with Gasteiger partial charge in [0.05, 0.1) is 12.3 Å². The fraction of sp³-hybridized carbons (Fsp3) is 0.545. The number of hydrogen-bond acceptors (Lipinski definition) is 3. The highest BCUT2D eigenvalue weighted by atomic mass is 79.9. The van der Waals surface area contributed by atoms with Crippen LogP contribution in [0.2, 0.25) is 0 Å². The van der Waals surface area contributed by atoms with Crippen molar-refractivity contribution in [1.82, 2.24) is 10.3 Å². The van der Waals surface area contributed by atoms with E-state index in [1.165, 1.54) is 0 Å². The molecule has 4 heteroatoms. The van der Waals surface area contributed by atoms with Crippen LogP contribution in [0.1, 0.15) is 19.0 Å². The highest BCUT2D eigenvalue weighted by molar-refractivity contribution is 9.10. The third-order valence-electron chi connectivity index (χ3n) is 2.22. The molecule has 0 amide bonds. The minimum absolute atomic E-state index is 0.403. The minimum atomic E-state index is 0.403. The van der Waals surface area contributed by atoms with Crippen LogP contribution in [0, 0.1) is 0 Å². The lowest BCUT2D eigenvalue weighted by atomic mass is 10.2. The first kappa shape index (κ1) is 12.6. The molecule has 0 saturated heterocycles. The number of ether oxygens (including phenoxy) is 1. The van der Waals surface area contributed by atoms with Crippen molar-refractivity contribution >= 4 is 15.9 Å². The number of halogens is 1. The SMILES string of the molecule is CCC(COC)NCc1ccc(Br)cn1. The highest BCUT2D eigenvalue weighted by Gasteiger charge is 2.04. The van der Waals surface area contributed by atoms with E-state index in [-0.39, 0.29) is 0 Å². The third-order valence-corrected chi connectivity index (χ3v) is 2.69. The maximum absolute atomic E-state index is 5.11. The maximum Gasteiger partial charge on any atom is 0.0615 e. The Kier molecular flexibility index (Phi) is 5.83. The fourth-order valence-electron chi connectivity index (χ4n) is 1.28. The van der Waals surface area contributed by atoms with Crippen LogP contribution in [0.3, 0.4) is 0 Å². The summed E-state index contributed by atoms with van der Waals surface area (Å²) in [6.07, 6.45) is 2.87. The van der Waals surface area contributed by atoms with Crippen LogP contribution in [-0.2, 0) is 11.3 Å². The van der Waals surface area contributed by atoms with Crippen molar-refractivity contribution in [1.29, 1.82) is 0 Å². The Morgan fingerprint density at radius 2 is 2.33 bits per heavy atom. The van der Waals surface area contributed by atoms with Gasteiger partial charge in [-0.25, -0.2) is 0 Å². The summed E-state index contributed by atoms with van der Waals surface area (Å²) in [7, 11) is 1.72. The van der Waals surface area contributed by atoms with Crippen LogP contribution in [0.15, 0.2) is 22.8 Å². The summed E-state index contributed by atoms with van der Waals surface area (Å²) in [5.41, 5.74) is 1.05. The van der Waals surface area contributed by atoms with E-state index in [1.54, 1.807) is 7.11 Å². The number of nitrogens with one attached hydrogen (secondary N) is 1. The molecule has 0 fully saturated rings. The van der Waals surface area contributed by atoms with Crippen LogP contribution < -0.4 is 5.32 Å². The van der Waals surface area contributed by atoms with Crippen molar-refractivity contribution in [3.63, 3.8) is 0 Å². The van der Waals surface area contributed by atoms with Crippen LogP contribution in [0.25, 0.3) is 0 Å². The first-order chi connectivity index (χ1) is 7.26. The van der Waals surface area contributed by atoms with Gasteiger partial charge in [-0.2, -0.15) is 0 Å². The van der Waals surface area contributed by atoms with Gasteiger partial charge < -0.3 is 10.1 Å². The maximum atomic E-state index is 5.11. The van der Waals surface area contributed by atoms with Crippen LogP contribution >= 0.6 is 15.9 Å². The Hall–Kier alpha value is -0.450. The molecule has 84 valence electrons. The van der Waals surface area contributed by atoms with Crippen molar-refractivity contribution < 1.29 is 4.74 Å². The number of aromatic nitrogens is 1. The first-order valence-corrected chi connectivity index (χ1v) is 5.88. The number of hydrogen-bond donors (Lipinski definition) is 1. The van der Waals surface area contributed by atoms with Gasteiger partial charge in [-0.05, 0) is 34.5 Å². The lowest BCUT2D eigenvalue weighted by Gasteiger charge is -2.15. The highest BCUT2D eigenvalue weighted by Crippen LogP contribution is 2.07. The van der Waals surface area contributed by atoms with Gasteiger partial charge >= 0.3 is 0 Å². The zero-order valence-electron chi connectivity index (χ0n) is 9.16. The minimum Gasteiger partial charge on any atom is -0.383 e. The summed E-state index contributed by atoms with van der Waals surface area (Å²) in [6.45, 7) is 3.67. The summed E-state index contributed by atoms with van der Waals surface area (Å²) in [5, 5.41) is 3.40. The molecule has 3 nitrogen and oxygen atoms in total. The van der Waals surface area contributed by atoms with Gasteiger partial charge in [-0.3, -0.25) is 4.98 Å². The number of rotatable bonds is 6. The molecule has 0 radical (unpaired) electrons. The number of nitrogens with zero attached hydrogens (tertiary/aromatic N) is 1. The summed E-state index contributed by atoms with van der Waals surface area (Å²) in [6, 6.07) is 4.41. The molecule has 1 atom stereocenters. The van der Waals surface area contributed by atoms with Crippen molar-refractivity contribution in [3.8, 4) is 0 Å². The van der Waals surface area contributed by atoms with Gasteiger partial charge in [-0.1, -0.05) is 6.92 Å². The average Bonchev–Trinajstić information content (AvgIpc) is 2.26. The summed E-state index contributed by atoms with van der Waals surface area (Å²) in [4.78, 5) is 4.29. The molecule has 15 heavy (non-hydrogen) atoms. The molecule has 0 aliphatic rings. The van der Waals surface area contributed by atoms with Crippen LogP contribution in [-0.4, -0.2) is 24.7 Å². The normalized spacial score (nSPS) is 12.7. The van der Waals surface area contributed by atoms with Crippen molar-refractivity contribution in [2.75, 3.05) is 13.7 Å². The van der Waals surface area contributed by atoms with Gasteiger partial charge in [0.25, 0.3) is 0 Å². The second-order valence-electron chi connectivity index (χ2n) is 3.41. The predicted octanol–water partition coefficient (Wildman–Crippen LogP) is 2.36. The van der Waals surface area contributed by atoms with E-state index in [4.69, 9.17) is 4.74 Å². The molecule has 0 spiro atoms. The molecule has 0 aliphatic heterocycles.